The van der Waals surface area contributed by atoms with Crippen LogP contribution in [-0.4, -0.2) is 30.6 Å². The first-order valence-corrected chi connectivity index (χ1v) is 4.63. The van der Waals surface area contributed by atoms with Gasteiger partial charge in [0.2, 0.25) is 0 Å². The van der Waals surface area contributed by atoms with Gasteiger partial charge in [0, 0.05) is 13.1 Å². The smallest absolute Gasteiger partial charge is 0.334 e. The molecule has 0 aliphatic carbocycles. The molecule has 0 aromatic carbocycles. The third-order valence-corrected chi connectivity index (χ3v) is 2.02. The molecular formula is C9H16N2O2. The van der Waals surface area contributed by atoms with Gasteiger partial charge in [0.25, 0.3) is 0 Å². The van der Waals surface area contributed by atoms with E-state index in [2.05, 4.69) is 0 Å². The van der Waals surface area contributed by atoms with Crippen molar-refractivity contribution >= 4 is 5.97 Å². The number of ether oxygens (including phenoxy) is 1. The number of carbonyl (C=O) groups excluding carboxylic acids is 1. The molecule has 0 amide bonds. The van der Waals surface area contributed by atoms with Gasteiger partial charge in [-0.25, -0.2) is 4.79 Å². The molecule has 1 fully saturated rings. The molecule has 0 unspecified atom stereocenters. The lowest BCUT2D eigenvalue weighted by Gasteiger charge is -2.16. The molecule has 0 aromatic rings. The van der Waals surface area contributed by atoms with Crippen molar-refractivity contribution in [2.75, 3.05) is 19.7 Å². The van der Waals surface area contributed by atoms with Crippen molar-refractivity contribution < 1.29 is 9.53 Å². The maximum atomic E-state index is 11.0. The van der Waals surface area contributed by atoms with E-state index in [1.807, 2.05) is 4.90 Å². The molecule has 0 bridgehead atoms. The zero-order chi connectivity index (χ0) is 9.68. The number of carbonyl (C=O) groups is 1. The van der Waals surface area contributed by atoms with Crippen LogP contribution in [0.1, 0.15) is 19.8 Å². The Bertz CT molecular complexity index is 208. The summed E-state index contributed by atoms with van der Waals surface area (Å²) in [5, 5.41) is 0. The molecule has 1 aliphatic rings. The number of nitrogens with two attached hydrogens (primary N) is 1. The van der Waals surface area contributed by atoms with Crippen LogP contribution in [0, 0.1) is 0 Å². The molecule has 74 valence electrons. The highest BCUT2D eigenvalue weighted by atomic mass is 16.5. The quantitative estimate of drug-likeness (QED) is 0.511. The summed E-state index contributed by atoms with van der Waals surface area (Å²) in [6, 6.07) is 0. The van der Waals surface area contributed by atoms with Gasteiger partial charge in [0.1, 0.15) is 5.82 Å². The first kappa shape index (κ1) is 9.89. The van der Waals surface area contributed by atoms with E-state index in [1.165, 1.54) is 6.08 Å². The Morgan fingerprint density at radius 1 is 1.54 bits per heavy atom. The summed E-state index contributed by atoms with van der Waals surface area (Å²) in [6.07, 6.45) is 3.66. The third-order valence-electron chi connectivity index (χ3n) is 2.02. The SMILES string of the molecule is CCOC(=O)C=C(N)N1CCCC1. The monoisotopic (exact) mass is 184 g/mol. The highest BCUT2D eigenvalue weighted by Gasteiger charge is 2.13. The normalized spacial score (nSPS) is 17.6. The summed E-state index contributed by atoms with van der Waals surface area (Å²) in [4.78, 5) is 13.0. The molecular weight excluding hydrogens is 168 g/mol. The van der Waals surface area contributed by atoms with Crippen LogP contribution in [-0.2, 0) is 9.53 Å². The molecule has 1 aliphatic heterocycles. The summed E-state index contributed by atoms with van der Waals surface area (Å²) in [6.45, 7) is 4.06. The van der Waals surface area contributed by atoms with E-state index >= 15 is 0 Å². The standard InChI is InChI=1S/C9H16N2O2/c1-2-13-9(12)7-8(10)11-5-3-4-6-11/h7H,2-6,10H2,1H3. The van der Waals surface area contributed by atoms with Crippen LogP contribution in [0.2, 0.25) is 0 Å². The minimum absolute atomic E-state index is 0.355. The number of hydrogen-bond donors (Lipinski definition) is 1. The summed E-state index contributed by atoms with van der Waals surface area (Å²) in [5.41, 5.74) is 5.70. The molecule has 0 saturated carbocycles. The zero-order valence-electron chi connectivity index (χ0n) is 7.95. The topological polar surface area (TPSA) is 55.6 Å². The Labute approximate surface area is 78.3 Å². The molecule has 1 saturated heterocycles. The van der Waals surface area contributed by atoms with E-state index in [-0.39, 0.29) is 5.97 Å². The van der Waals surface area contributed by atoms with Crippen molar-refractivity contribution in [3.8, 4) is 0 Å². The summed E-state index contributed by atoms with van der Waals surface area (Å²) in [7, 11) is 0. The van der Waals surface area contributed by atoms with E-state index in [0.29, 0.717) is 12.4 Å². The van der Waals surface area contributed by atoms with Gasteiger partial charge in [0.15, 0.2) is 0 Å². The molecule has 2 N–H and O–H groups in total. The molecule has 0 radical (unpaired) electrons. The molecule has 13 heavy (non-hydrogen) atoms. The van der Waals surface area contributed by atoms with E-state index in [0.717, 1.165) is 25.9 Å². The molecule has 4 heteroatoms. The van der Waals surface area contributed by atoms with Crippen molar-refractivity contribution in [3.63, 3.8) is 0 Å². The number of esters is 1. The Hall–Kier alpha value is -1.19. The van der Waals surface area contributed by atoms with Crippen LogP contribution in [0.25, 0.3) is 0 Å². The van der Waals surface area contributed by atoms with Gasteiger partial charge < -0.3 is 15.4 Å². The van der Waals surface area contributed by atoms with Gasteiger partial charge >= 0.3 is 5.97 Å². The molecule has 0 spiro atoms. The minimum atomic E-state index is -0.355. The van der Waals surface area contributed by atoms with Crippen molar-refractivity contribution in [2.24, 2.45) is 5.73 Å². The third kappa shape index (κ3) is 2.97. The molecule has 0 aromatic heterocycles. The number of hydrogen-bond acceptors (Lipinski definition) is 4. The minimum Gasteiger partial charge on any atom is -0.463 e. The number of rotatable bonds is 3. The lowest BCUT2D eigenvalue weighted by atomic mass is 10.4. The second-order valence-electron chi connectivity index (χ2n) is 3.02. The number of nitrogens with zero attached hydrogens (tertiary/aromatic N) is 1. The largest absolute Gasteiger partial charge is 0.463 e. The van der Waals surface area contributed by atoms with Crippen LogP contribution in [0.15, 0.2) is 11.9 Å². The maximum absolute atomic E-state index is 11.0. The second-order valence-corrected chi connectivity index (χ2v) is 3.02. The predicted molar refractivity (Wildman–Crippen MR) is 49.7 cm³/mol. The van der Waals surface area contributed by atoms with Crippen molar-refractivity contribution in [1.82, 2.24) is 4.90 Å². The zero-order valence-corrected chi connectivity index (χ0v) is 7.95. The average Bonchev–Trinajstić information content (AvgIpc) is 2.55. The van der Waals surface area contributed by atoms with Gasteiger partial charge in [-0.3, -0.25) is 0 Å². The Morgan fingerprint density at radius 3 is 2.69 bits per heavy atom. The van der Waals surface area contributed by atoms with Crippen molar-refractivity contribution in [3.05, 3.63) is 11.9 Å². The molecule has 1 heterocycles. The Balaban J connectivity index is 2.44. The lowest BCUT2D eigenvalue weighted by molar-refractivity contribution is -0.137. The average molecular weight is 184 g/mol. The highest BCUT2D eigenvalue weighted by molar-refractivity contribution is 5.82. The van der Waals surface area contributed by atoms with E-state index < -0.39 is 0 Å². The Kier molecular flexibility index (Phi) is 3.61. The van der Waals surface area contributed by atoms with Gasteiger partial charge in [-0.05, 0) is 19.8 Å². The van der Waals surface area contributed by atoms with Gasteiger partial charge in [0.05, 0.1) is 12.7 Å². The highest BCUT2D eigenvalue weighted by Crippen LogP contribution is 2.10. The van der Waals surface area contributed by atoms with E-state index in [9.17, 15) is 4.79 Å². The fourth-order valence-electron chi connectivity index (χ4n) is 1.37. The lowest BCUT2D eigenvalue weighted by Crippen LogP contribution is -2.25. The van der Waals surface area contributed by atoms with Crippen molar-refractivity contribution in [2.45, 2.75) is 19.8 Å². The summed E-state index contributed by atoms with van der Waals surface area (Å²) >= 11 is 0. The molecule has 1 rings (SSSR count). The second kappa shape index (κ2) is 4.74. The van der Waals surface area contributed by atoms with Crippen LogP contribution < -0.4 is 5.73 Å². The maximum Gasteiger partial charge on any atom is 0.334 e. The van der Waals surface area contributed by atoms with Crippen molar-refractivity contribution in [1.29, 1.82) is 0 Å². The van der Waals surface area contributed by atoms with Crippen LogP contribution in [0.5, 0.6) is 0 Å². The fourth-order valence-corrected chi connectivity index (χ4v) is 1.37. The first-order chi connectivity index (χ1) is 6.24. The first-order valence-electron chi connectivity index (χ1n) is 4.63. The molecule has 4 nitrogen and oxygen atoms in total. The van der Waals surface area contributed by atoms with Gasteiger partial charge in [-0.2, -0.15) is 0 Å². The predicted octanol–water partition coefficient (Wildman–Crippen LogP) is 0.445. The summed E-state index contributed by atoms with van der Waals surface area (Å²) < 4.78 is 4.75. The van der Waals surface area contributed by atoms with Gasteiger partial charge in [-0.15, -0.1) is 0 Å². The van der Waals surface area contributed by atoms with Gasteiger partial charge in [-0.1, -0.05) is 0 Å². The van der Waals surface area contributed by atoms with Crippen LogP contribution >= 0.6 is 0 Å². The fraction of sp³-hybridized carbons (Fsp3) is 0.667. The molecule has 0 atom stereocenters. The van der Waals surface area contributed by atoms with E-state index in [4.69, 9.17) is 10.5 Å². The number of likely N-dealkylation sites (tertiary alicyclic amines) is 1. The summed E-state index contributed by atoms with van der Waals surface area (Å²) in [5.74, 6) is 0.169. The van der Waals surface area contributed by atoms with E-state index in [1.54, 1.807) is 6.92 Å². The Morgan fingerprint density at radius 2 is 2.15 bits per heavy atom. The van der Waals surface area contributed by atoms with Crippen LogP contribution in [0.3, 0.4) is 0 Å². The van der Waals surface area contributed by atoms with Crippen LogP contribution in [0.4, 0.5) is 0 Å².